The Labute approximate surface area is 70.5 Å². The highest BCUT2D eigenvalue weighted by Gasteiger charge is 2.26. The molecule has 0 bridgehead atoms. The van der Waals surface area contributed by atoms with Gasteiger partial charge in [0.2, 0.25) is 0 Å². The summed E-state index contributed by atoms with van der Waals surface area (Å²) >= 11 is 0. The van der Waals surface area contributed by atoms with E-state index < -0.39 is 0 Å². The number of hydrogen-bond acceptors (Lipinski definition) is 3. The minimum Gasteiger partial charge on any atom is -0.366 e. The lowest BCUT2D eigenvalue weighted by Gasteiger charge is -2.14. The molecule has 1 fully saturated rings. The third-order valence-corrected chi connectivity index (χ3v) is 2.24. The van der Waals surface area contributed by atoms with Gasteiger partial charge in [-0.25, -0.2) is 5.43 Å². The fourth-order valence-electron chi connectivity index (χ4n) is 1.62. The maximum Gasteiger partial charge on any atom is 0.250 e. The van der Waals surface area contributed by atoms with Gasteiger partial charge in [-0.05, 0) is 6.42 Å². The van der Waals surface area contributed by atoms with Crippen LogP contribution in [-0.2, 0) is 4.79 Å². The lowest BCUT2D eigenvalue weighted by molar-refractivity contribution is -0.114. The fraction of sp³-hybridized carbons (Fsp3) is 0.375. The van der Waals surface area contributed by atoms with Gasteiger partial charge in [-0.3, -0.25) is 4.79 Å². The molecule has 4 nitrogen and oxygen atoms in total. The van der Waals surface area contributed by atoms with Crippen molar-refractivity contribution < 1.29 is 4.79 Å². The van der Waals surface area contributed by atoms with Crippen LogP contribution >= 0.6 is 0 Å². The smallest absolute Gasteiger partial charge is 0.250 e. The molecule has 1 aliphatic heterocycles. The summed E-state index contributed by atoms with van der Waals surface area (Å²) in [6.07, 6.45) is 4.75. The summed E-state index contributed by atoms with van der Waals surface area (Å²) in [5.41, 5.74) is 12.7. The summed E-state index contributed by atoms with van der Waals surface area (Å²) in [5.74, 6) is 0.0413. The number of nitrogens with two attached hydrogens (primary N) is 1. The van der Waals surface area contributed by atoms with E-state index in [4.69, 9.17) is 5.73 Å². The molecule has 0 aromatic heterocycles. The van der Waals surface area contributed by atoms with Crippen LogP contribution in [0.3, 0.4) is 0 Å². The van der Waals surface area contributed by atoms with Gasteiger partial charge in [-0.2, -0.15) is 0 Å². The Bertz CT molecular complexity index is 280. The van der Waals surface area contributed by atoms with E-state index in [0.29, 0.717) is 11.5 Å². The van der Waals surface area contributed by atoms with Crippen molar-refractivity contribution in [1.29, 1.82) is 0 Å². The molecule has 0 aromatic carbocycles. The SMILES string of the molecule is NC(=O)C1=C2NNCC2CC=C1. The first-order chi connectivity index (χ1) is 5.79. The Morgan fingerprint density at radius 1 is 1.67 bits per heavy atom. The molecule has 1 atom stereocenters. The predicted octanol–water partition coefficient (Wildman–Crippen LogP) is -0.590. The number of allylic oxidation sites excluding steroid dienone is 1. The lowest BCUT2D eigenvalue weighted by Crippen LogP contribution is -2.25. The normalized spacial score (nSPS) is 26.8. The number of carbonyl (C=O) groups is 1. The van der Waals surface area contributed by atoms with Crippen molar-refractivity contribution in [2.75, 3.05) is 6.54 Å². The summed E-state index contributed by atoms with van der Waals surface area (Å²) in [7, 11) is 0. The molecule has 0 aromatic rings. The zero-order valence-corrected chi connectivity index (χ0v) is 6.63. The van der Waals surface area contributed by atoms with Crippen molar-refractivity contribution in [2.24, 2.45) is 11.7 Å². The van der Waals surface area contributed by atoms with E-state index in [1.165, 1.54) is 0 Å². The molecule has 64 valence electrons. The second-order valence-corrected chi connectivity index (χ2v) is 3.03. The molecular weight excluding hydrogens is 154 g/mol. The van der Waals surface area contributed by atoms with Gasteiger partial charge < -0.3 is 11.2 Å². The highest BCUT2D eigenvalue weighted by Crippen LogP contribution is 2.24. The van der Waals surface area contributed by atoms with Crippen LogP contribution in [-0.4, -0.2) is 12.5 Å². The molecule has 4 N–H and O–H groups in total. The van der Waals surface area contributed by atoms with Gasteiger partial charge in [0.1, 0.15) is 0 Å². The molecule has 1 heterocycles. The molecule has 2 rings (SSSR count). The molecule has 1 unspecified atom stereocenters. The number of nitrogens with one attached hydrogen (secondary N) is 2. The molecule has 0 saturated carbocycles. The van der Waals surface area contributed by atoms with Crippen LogP contribution in [0.25, 0.3) is 0 Å². The molecule has 0 radical (unpaired) electrons. The van der Waals surface area contributed by atoms with E-state index in [2.05, 4.69) is 10.9 Å². The Hall–Kier alpha value is -1.29. The van der Waals surface area contributed by atoms with Crippen LogP contribution in [0.1, 0.15) is 6.42 Å². The van der Waals surface area contributed by atoms with Crippen LogP contribution in [0.15, 0.2) is 23.4 Å². The second-order valence-electron chi connectivity index (χ2n) is 3.03. The third kappa shape index (κ3) is 1.00. The summed E-state index contributed by atoms with van der Waals surface area (Å²) in [4.78, 5) is 10.9. The van der Waals surface area contributed by atoms with Gasteiger partial charge in [-0.1, -0.05) is 12.2 Å². The molecule has 1 aliphatic carbocycles. The summed E-state index contributed by atoms with van der Waals surface area (Å²) < 4.78 is 0. The van der Waals surface area contributed by atoms with E-state index in [1.807, 2.05) is 6.08 Å². The van der Waals surface area contributed by atoms with Crippen LogP contribution in [0, 0.1) is 5.92 Å². The van der Waals surface area contributed by atoms with Crippen molar-refractivity contribution >= 4 is 5.91 Å². The van der Waals surface area contributed by atoms with Gasteiger partial charge >= 0.3 is 0 Å². The van der Waals surface area contributed by atoms with Crippen LogP contribution < -0.4 is 16.6 Å². The minimum absolute atomic E-state index is 0.359. The van der Waals surface area contributed by atoms with Gasteiger partial charge in [-0.15, -0.1) is 0 Å². The quantitative estimate of drug-likeness (QED) is 0.486. The maximum atomic E-state index is 10.9. The molecule has 2 aliphatic rings. The predicted molar refractivity (Wildman–Crippen MR) is 44.6 cm³/mol. The van der Waals surface area contributed by atoms with Crippen LogP contribution in [0.2, 0.25) is 0 Å². The number of hydrogen-bond donors (Lipinski definition) is 3. The number of hydrazine groups is 1. The largest absolute Gasteiger partial charge is 0.366 e. The van der Waals surface area contributed by atoms with Crippen molar-refractivity contribution in [3.05, 3.63) is 23.4 Å². The number of rotatable bonds is 1. The first-order valence-corrected chi connectivity index (χ1v) is 3.98. The van der Waals surface area contributed by atoms with Gasteiger partial charge in [0.25, 0.3) is 5.91 Å². The molecule has 4 heteroatoms. The summed E-state index contributed by atoms with van der Waals surface area (Å²) in [5, 5.41) is 0. The average Bonchev–Trinajstić information content (AvgIpc) is 2.49. The van der Waals surface area contributed by atoms with Crippen LogP contribution in [0.4, 0.5) is 0 Å². The second kappa shape index (κ2) is 2.64. The van der Waals surface area contributed by atoms with Crippen molar-refractivity contribution in [1.82, 2.24) is 10.9 Å². The highest BCUT2D eigenvalue weighted by molar-refractivity contribution is 5.96. The topological polar surface area (TPSA) is 67.2 Å². The zero-order chi connectivity index (χ0) is 8.55. The van der Waals surface area contributed by atoms with Gasteiger partial charge in [0.15, 0.2) is 0 Å². The number of carbonyl (C=O) groups excluding carboxylic acids is 1. The number of fused-ring (bicyclic) bond motifs is 1. The number of primary amides is 1. The highest BCUT2D eigenvalue weighted by atomic mass is 16.1. The first-order valence-electron chi connectivity index (χ1n) is 3.98. The van der Waals surface area contributed by atoms with E-state index in [1.54, 1.807) is 6.08 Å². The molecule has 0 spiro atoms. The lowest BCUT2D eigenvalue weighted by atomic mass is 9.93. The monoisotopic (exact) mass is 165 g/mol. The van der Waals surface area contributed by atoms with Crippen LogP contribution in [0.5, 0.6) is 0 Å². The average molecular weight is 165 g/mol. The maximum absolute atomic E-state index is 10.9. The first kappa shape index (κ1) is 7.36. The van der Waals surface area contributed by atoms with Gasteiger partial charge in [0.05, 0.1) is 5.57 Å². The van der Waals surface area contributed by atoms with Crippen molar-refractivity contribution in [2.45, 2.75) is 6.42 Å². The molecule has 1 amide bonds. The fourth-order valence-corrected chi connectivity index (χ4v) is 1.62. The number of amides is 1. The molecule has 12 heavy (non-hydrogen) atoms. The summed E-state index contributed by atoms with van der Waals surface area (Å²) in [6, 6.07) is 0. The zero-order valence-electron chi connectivity index (χ0n) is 6.63. The van der Waals surface area contributed by atoms with Gasteiger partial charge in [0, 0.05) is 18.2 Å². The molecule has 1 saturated heterocycles. The Kier molecular flexibility index (Phi) is 1.62. The van der Waals surface area contributed by atoms with Crippen molar-refractivity contribution in [3.8, 4) is 0 Å². The van der Waals surface area contributed by atoms with E-state index in [-0.39, 0.29) is 5.91 Å². The minimum atomic E-state index is -0.359. The standard InChI is InChI=1S/C8H11N3O/c9-8(12)6-3-1-2-5-4-10-11-7(5)6/h1,3,5,10-11H,2,4H2,(H2,9,12). The van der Waals surface area contributed by atoms with E-state index in [0.717, 1.165) is 18.7 Å². The Balaban J connectivity index is 2.38. The summed E-state index contributed by atoms with van der Waals surface area (Å²) in [6.45, 7) is 0.871. The van der Waals surface area contributed by atoms with Crippen molar-refractivity contribution in [3.63, 3.8) is 0 Å². The Morgan fingerprint density at radius 2 is 2.50 bits per heavy atom. The van der Waals surface area contributed by atoms with E-state index >= 15 is 0 Å². The Morgan fingerprint density at radius 3 is 3.25 bits per heavy atom. The third-order valence-electron chi connectivity index (χ3n) is 2.24. The molecular formula is C8H11N3O. The van der Waals surface area contributed by atoms with E-state index in [9.17, 15) is 4.79 Å².